The number of piperidine rings is 1. The summed E-state index contributed by atoms with van der Waals surface area (Å²) in [6.07, 6.45) is 2.32. The molecule has 1 unspecified atom stereocenters. The molecule has 1 rings (SSSR count). The Morgan fingerprint density at radius 1 is 1.42 bits per heavy atom. The van der Waals surface area contributed by atoms with Crippen molar-refractivity contribution in [1.29, 1.82) is 0 Å². The topological polar surface area (TPSA) is 20.3 Å². The van der Waals surface area contributed by atoms with Gasteiger partial charge in [-0.25, -0.2) is 0 Å². The number of likely N-dealkylation sites (tertiary alicyclic amines) is 1. The van der Waals surface area contributed by atoms with Crippen LogP contribution in [0.2, 0.25) is 25.2 Å². The number of carbonyl (C=O) groups excluding carboxylic acids is 1. The summed E-state index contributed by atoms with van der Waals surface area (Å²) in [5.41, 5.74) is 0.372. The average Bonchev–Trinajstić information content (AvgIpc) is 1.92. The van der Waals surface area contributed by atoms with Crippen molar-refractivity contribution in [2.24, 2.45) is 0 Å². The van der Waals surface area contributed by atoms with Crippen molar-refractivity contribution in [3.05, 3.63) is 0 Å². The first kappa shape index (κ1) is 9.77. The van der Waals surface area contributed by atoms with Crippen LogP contribution in [0.1, 0.15) is 12.8 Å². The Labute approximate surface area is 76.0 Å². The highest BCUT2D eigenvalue weighted by Gasteiger charge is 2.36. The first-order chi connectivity index (χ1) is 5.43. The lowest BCUT2D eigenvalue weighted by atomic mass is 10.1. The molecule has 1 saturated heterocycles. The van der Waals surface area contributed by atoms with E-state index in [1.54, 1.807) is 0 Å². The third kappa shape index (κ3) is 1.89. The van der Waals surface area contributed by atoms with Gasteiger partial charge in [-0.2, -0.15) is 0 Å². The number of nitrogens with zero attached hydrogens (tertiary/aromatic N) is 1. The Kier molecular flexibility index (Phi) is 2.61. The van der Waals surface area contributed by atoms with Gasteiger partial charge in [-0.1, -0.05) is 19.6 Å². The van der Waals surface area contributed by atoms with Crippen molar-refractivity contribution < 1.29 is 4.79 Å². The van der Waals surface area contributed by atoms with Crippen molar-refractivity contribution in [2.75, 3.05) is 13.6 Å². The van der Waals surface area contributed by atoms with Crippen molar-refractivity contribution in [2.45, 2.75) is 38.0 Å². The van der Waals surface area contributed by atoms with Gasteiger partial charge in [-0.15, -0.1) is 0 Å². The highest BCUT2D eigenvalue weighted by molar-refractivity contribution is 6.80. The molecule has 2 nitrogen and oxygen atoms in total. The van der Waals surface area contributed by atoms with E-state index in [9.17, 15) is 4.79 Å². The van der Waals surface area contributed by atoms with Crippen molar-refractivity contribution in [3.8, 4) is 0 Å². The molecule has 3 heteroatoms. The third-order valence-electron chi connectivity index (χ3n) is 2.71. The SMILES string of the molecule is CN1CCCC([Si](C)(C)C)C1=O. The zero-order valence-electron chi connectivity index (χ0n) is 8.55. The summed E-state index contributed by atoms with van der Waals surface area (Å²) in [5, 5.41) is 0. The molecule has 12 heavy (non-hydrogen) atoms. The first-order valence-electron chi connectivity index (χ1n) is 4.68. The second-order valence-electron chi connectivity index (χ2n) is 4.82. The van der Waals surface area contributed by atoms with Crippen LogP contribution in [0.4, 0.5) is 0 Å². The van der Waals surface area contributed by atoms with E-state index < -0.39 is 8.07 Å². The lowest BCUT2D eigenvalue weighted by Crippen LogP contribution is -2.44. The van der Waals surface area contributed by atoms with Crippen LogP contribution in [-0.4, -0.2) is 32.5 Å². The molecular weight excluding hydrogens is 166 g/mol. The van der Waals surface area contributed by atoms with E-state index in [4.69, 9.17) is 0 Å². The Hall–Kier alpha value is -0.313. The highest BCUT2D eigenvalue weighted by atomic mass is 28.3. The lowest BCUT2D eigenvalue weighted by molar-refractivity contribution is -0.131. The zero-order valence-corrected chi connectivity index (χ0v) is 9.55. The molecule has 0 radical (unpaired) electrons. The van der Waals surface area contributed by atoms with Crippen molar-refractivity contribution >= 4 is 14.0 Å². The number of hydrogen-bond acceptors (Lipinski definition) is 1. The van der Waals surface area contributed by atoms with E-state index in [0.29, 0.717) is 11.4 Å². The predicted molar refractivity (Wildman–Crippen MR) is 54.0 cm³/mol. The molecular formula is C9H19NOSi. The minimum absolute atomic E-state index is 0.372. The Balaban J connectivity index is 2.71. The Morgan fingerprint density at radius 2 is 2.00 bits per heavy atom. The third-order valence-corrected chi connectivity index (χ3v) is 5.33. The molecule has 0 aromatic carbocycles. The van der Waals surface area contributed by atoms with Gasteiger partial charge < -0.3 is 4.90 Å². The molecule has 1 amide bonds. The molecule has 1 aliphatic rings. The van der Waals surface area contributed by atoms with E-state index in [2.05, 4.69) is 19.6 Å². The summed E-state index contributed by atoms with van der Waals surface area (Å²) in [6, 6.07) is 0. The Morgan fingerprint density at radius 3 is 2.42 bits per heavy atom. The molecule has 1 aliphatic heterocycles. The first-order valence-corrected chi connectivity index (χ1v) is 8.25. The van der Waals surface area contributed by atoms with Gasteiger partial charge in [0.1, 0.15) is 0 Å². The molecule has 0 spiro atoms. The standard InChI is InChI=1S/C9H19NOSi/c1-10-7-5-6-8(9(10)11)12(2,3)4/h8H,5-7H2,1-4H3. The summed E-state index contributed by atoms with van der Waals surface area (Å²) in [5.74, 6) is 0.389. The number of amides is 1. The van der Waals surface area contributed by atoms with Gasteiger partial charge in [0.25, 0.3) is 0 Å². The summed E-state index contributed by atoms with van der Waals surface area (Å²) >= 11 is 0. The zero-order chi connectivity index (χ0) is 9.35. The molecule has 0 aromatic heterocycles. The molecule has 0 aliphatic carbocycles. The fraction of sp³-hybridized carbons (Fsp3) is 0.889. The van der Waals surface area contributed by atoms with Gasteiger partial charge in [0, 0.05) is 19.1 Å². The van der Waals surface area contributed by atoms with E-state index in [1.165, 1.54) is 6.42 Å². The van der Waals surface area contributed by atoms with Crippen LogP contribution in [0.15, 0.2) is 0 Å². The van der Waals surface area contributed by atoms with E-state index in [0.717, 1.165) is 13.0 Å². The average molecular weight is 185 g/mol. The summed E-state index contributed by atoms with van der Waals surface area (Å²) in [7, 11) is 0.673. The van der Waals surface area contributed by atoms with Crippen LogP contribution in [0.5, 0.6) is 0 Å². The van der Waals surface area contributed by atoms with E-state index >= 15 is 0 Å². The molecule has 1 atom stereocenters. The van der Waals surface area contributed by atoms with Crippen LogP contribution < -0.4 is 0 Å². The van der Waals surface area contributed by atoms with Gasteiger partial charge in [0.2, 0.25) is 5.91 Å². The fourth-order valence-corrected chi connectivity index (χ4v) is 3.87. The number of hydrogen-bond donors (Lipinski definition) is 0. The van der Waals surface area contributed by atoms with E-state index in [-0.39, 0.29) is 0 Å². The molecule has 0 bridgehead atoms. The van der Waals surface area contributed by atoms with Gasteiger partial charge in [-0.05, 0) is 12.8 Å². The summed E-state index contributed by atoms with van der Waals surface area (Å²) in [4.78, 5) is 13.6. The van der Waals surface area contributed by atoms with E-state index in [1.807, 2.05) is 11.9 Å². The molecule has 0 aromatic rings. The fourth-order valence-electron chi connectivity index (χ4n) is 1.84. The normalized spacial score (nSPS) is 26.2. The van der Waals surface area contributed by atoms with Gasteiger partial charge in [0.05, 0.1) is 8.07 Å². The molecule has 0 N–H and O–H groups in total. The van der Waals surface area contributed by atoms with Crippen LogP contribution in [0, 0.1) is 0 Å². The van der Waals surface area contributed by atoms with Crippen LogP contribution in [0.3, 0.4) is 0 Å². The van der Waals surface area contributed by atoms with Crippen molar-refractivity contribution in [3.63, 3.8) is 0 Å². The lowest BCUT2D eigenvalue weighted by Gasteiger charge is -2.35. The van der Waals surface area contributed by atoms with Crippen LogP contribution in [0.25, 0.3) is 0 Å². The summed E-state index contributed by atoms with van der Waals surface area (Å²) < 4.78 is 0. The number of carbonyl (C=O) groups is 1. The largest absolute Gasteiger partial charge is 0.346 e. The highest BCUT2D eigenvalue weighted by Crippen LogP contribution is 2.31. The maximum absolute atomic E-state index is 11.7. The van der Waals surface area contributed by atoms with Gasteiger partial charge in [0.15, 0.2) is 0 Å². The maximum atomic E-state index is 11.7. The van der Waals surface area contributed by atoms with Gasteiger partial charge >= 0.3 is 0 Å². The number of rotatable bonds is 1. The van der Waals surface area contributed by atoms with Crippen LogP contribution in [-0.2, 0) is 4.79 Å². The minimum atomic E-state index is -1.25. The minimum Gasteiger partial charge on any atom is -0.346 e. The molecule has 70 valence electrons. The smallest absolute Gasteiger partial charge is 0.222 e. The summed E-state index contributed by atoms with van der Waals surface area (Å²) in [6.45, 7) is 7.82. The van der Waals surface area contributed by atoms with Crippen LogP contribution >= 0.6 is 0 Å². The monoisotopic (exact) mass is 185 g/mol. The Bertz CT molecular complexity index is 185. The second kappa shape index (κ2) is 3.21. The van der Waals surface area contributed by atoms with Crippen molar-refractivity contribution in [1.82, 2.24) is 4.90 Å². The molecule has 1 heterocycles. The quantitative estimate of drug-likeness (QED) is 0.572. The second-order valence-corrected chi connectivity index (χ2v) is 10.2. The molecule has 1 fully saturated rings. The maximum Gasteiger partial charge on any atom is 0.222 e. The molecule has 0 saturated carbocycles. The predicted octanol–water partition coefficient (Wildman–Crippen LogP) is 1.95. The van der Waals surface area contributed by atoms with Gasteiger partial charge in [-0.3, -0.25) is 4.79 Å².